The quantitative estimate of drug-likeness (QED) is 0.558. The second-order valence-corrected chi connectivity index (χ2v) is 3.45. The van der Waals surface area contributed by atoms with Gasteiger partial charge >= 0.3 is 0 Å². The summed E-state index contributed by atoms with van der Waals surface area (Å²) in [6.45, 7) is 0.637. The first-order valence-electron chi connectivity index (χ1n) is 5.36. The fourth-order valence-corrected chi connectivity index (χ4v) is 1.19. The lowest BCUT2D eigenvalue weighted by Gasteiger charge is -2.06. The molecule has 0 atom stereocenters. The minimum Gasteiger partial charge on any atom is -0.383 e. The van der Waals surface area contributed by atoms with E-state index in [1.807, 2.05) is 0 Å². The third-order valence-corrected chi connectivity index (χ3v) is 2.05. The molecule has 1 rings (SSSR count). The van der Waals surface area contributed by atoms with Crippen LogP contribution in [-0.4, -0.2) is 43.6 Å². The minimum absolute atomic E-state index is 0.118. The van der Waals surface area contributed by atoms with E-state index >= 15 is 0 Å². The summed E-state index contributed by atoms with van der Waals surface area (Å²) in [5.41, 5.74) is -0.251. The van der Waals surface area contributed by atoms with Crippen LogP contribution in [0.25, 0.3) is 0 Å². The van der Waals surface area contributed by atoms with E-state index in [2.05, 4.69) is 15.6 Å². The van der Waals surface area contributed by atoms with Gasteiger partial charge in [-0.15, -0.1) is 0 Å². The Morgan fingerprint density at radius 2 is 2.11 bits per heavy atom. The van der Waals surface area contributed by atoms with Crippen molar-refractivity contribution in [2.75, 3.05) is 26.8 Å². The lowest BCUT2D eigenvalue weighted by atomic mass is 10.3. The molecule has 0 saturated heterocycles. The van der Waals surface area contributed by atoms with E-state index in [0.717, 1.165) is 0 Å². The van der Waals surface area contributed by atoms with Crippen LogP contribution in [0.5, 0.6) is 0 Å². The van der Waals surface area contributed by atoms with Gasteiger partial charge in [-0.05, 0) is 6.07 Å². The molecule has 1 heterocycles. The standard InChI is InChI=1S/C11H15N3O4/c1-18-6-5-12-10(16)7-13-11(17)8-3-2-4-9(15)14-8/h2-4H,5-7H2,1H3,(H,12,16)(H,13,17)(H,14,15). The van der Waals surface area contributed by atoms with Crippen LogP contribution in [0.3, 0.4) is 0 Å². The Bertz CT molecular complexity index is 469. The van der Waals surface area contributed by atoms with Crippen LogP contribution in [0, 0.1) is 0 Å². The van der Waals surface area contributed by atoms with Gasteiger partial charge in [-0.2, -0.15) is 0 Å². The van der Waals surface area contributed by atoms with Crippen LogP contribution in [0.15, 0.2) is 23.0 Å². The molecule has 18 heavy (non-hydrogen) atoms. The Morgan fingerprint density at radius 1 is 1.33 bits per heavy atom. The average molecular weight is 253 g/mol. The van der Waals surface area contributed by atoms with E-state index in [-0.39, 0.29) is 23.7 Å². The van der Waals surface area contributed by atoms with Gasteiger partial charge in [0.05, 0.1) is 13.2 Å². The summed E-state index contributed by atoms with van der Waals surface area (Å²) >= 11 is 0. The maximum Gasteiger partial charge on any atom is 0.268 e. The molecule has 7 heteroatoms. The second kappa shape index (κ2) is 7.23. The number of carbonyl (C=O) groups is 2. The number of ether oxygens (including phenoxy) is 1. The molecule has 0 fully saturated rings. The summed E-state index contributed by atoms with van der Waals surface area (Å²) in [6.07, 6.45) is 0. The number of methoxy groups -OCH3 is 1. The van der Waals surface area contributed by atoms with Gasteiger partial charge in [0, 0.05) is 19.7 Å². The molecule has 0 spiro atoms. The zero-order valence-electron chi connectivity index (χ0n) is 9.99. The first-order chi connectivity index (χ1) is 8.63. The molecule has 0 aromatic carbocycles. The van der Waals surface area contributed by atoms with Crippen molar-refractivity contribution in [3.63, 3.8) is 0 Å². The normalized spacial score (nSPS) is 9.83. The molecule has 98 valence electrons. The fourth-order valence-electron chi connectivity index (χ4n) is 1.19. The lowest BCUT2D eigenvalue weighted by Crippen LogP contribution is -2.38. The largest absolute Gasteiger partial charge is 0.383 e. The van der Waals surface area contributed by atoms with E-state index in [1.54, 1.807) is 0 Å². The van der Waals surface area contributed by atoms with Crippen LogP contribution in [0.4, 0.5) is 0 Å². The number of aromatic amines is 1. The Morgan fingerprint density at radius 3 is 2.78 bits per heavy atom. The van der Waals surface area contributed by atoms with Crippen molar-refractivity contribution in [1.82, 2.24) is 15.6 Å². The van der Waals surface area contributed by atoms with Crippen molar-refractivity contribution in [3.8, 4) is 0 Å². The first kappa shape index (κ1) is 13.9. The number of rotatable bonds is 6. The van der Waals surface area contributed by atoms with Crippen LogP contribution in [0.2, 0.25) is 0 Å². The SMILES string of the molecule is COCCNC(=O)CNC(=O)c1cccc(=O)[nH]1. The number of pyridine rings is 1. The predicted octanol–water partition coefficient (Wildman–Crippen LogP) is -1.13. The molecule has 0 aliphatic carbocycles. The average Bonchev–Trinajstić information content (AvgIpc) is 2.36. The van der Waals surface area contributed by atoms with Gasteiger partial charge in [0.2, 0.25) is 11.5 Å². The smallest absolute Gasteiger partial charge is 0.268 e. The molecule has 1 aromatic heterocycles. The summed E-state index contributed by atoms with van der Waals surface area (Å²) in [5.74, 6) is -0.826. The van der Waals surface area contributed by atoms with Crippen molar-refractivity contribution in [2.45, 2.75) is 0 Å². The van der Waals surface area contributed by atoms with Crippen LogP contribution in [0.1, 0.15) is 10.5 Å². The number of amides is 2. The minimum atomic E-state index is -0.505. The lowest BCUT2D eigenvalue weighted by molar-refractivity contribution is -0.120. The molecule has 2 amide bonds. The highest BCUT2D eigenvalue weighted by atomic mass is 16.5. The number of H-pyrrole nitrogens is 1. The molecule has 0 bridgehead atoms. The zero-order valence-corrected chi connectivity index (χ0v) is 9.99. The molecule has 0 unspecified atom stereocenters. The highest BCUT2D eigenvalue weighted by molar-refractivity contribution is 5.94. The Labute approximate surface area is 104 Å². The molecule has 0 aliphatic rings. The van der Waals surface area contributed by atoms with Gasteiger partial charge in [-0.1, -0.05) is 6.07 Å². The summed E-state index contributed by atoms with van der Waals surface area (Å²) in [4.78, 5) is 36.2. The van der Waals surface area contributed by atoms with E-state index < -0.39 is 5.91 Å². The summed E-state index contributed by atoms with van der Waals surface area (Å²) < 4.78 is 4.76. The molecule has 0 aliphatic heterocycles. The number of hydrogen-bond acceptors (Lipinski definition) is 4. The third-order valence-electron chi connectivity index (χ3n) is 2.05. The van der Waals surface area contributed by atoms with Gasteiger partial charge < -0.3 is 20.4 Å². The van der Waals surface area contributed by atoms with Gasteiger partial charge in [0.1, 0.15) is 5.69 Å². The zero-order chi connectivity index (χ0) is 13.4. The van der Waals surface area contributed by atoms with Crippen molar-refractivity contribution < 1.29 is 14.3 Å². The van der Waals surface area contributed by atoms with E-state index in [1.165, 1.54) is 25.3 Å². The van der Waals surface area contributed by atoms with Crippen LogP contribution < -0.4 is 16.2 Å². The maximum absolute atomic E-state index is 11.5. The maximum atomic E-state index is 11.5. The van der Waals surface area contributed by atoms with Crippen molar-refractivity contribution >= 4 is 11.8 Å². The third kappa shape index (κ3) is 4.79. The molecule has 0 radical (unpaired) electrons. The summed E-state index contributed by atoms with van der Waals surface area (Å²) in [7, 11) is 1.53. The monoisotopic (exact) mass is 253 g/mol. The van der Waals surface area contributed by atoms with E-state index in [0.29, 0.717) is 13.2 Å². The van der Waals surface area contributed by atoms with E-state index in [4.69, 9.17) is 4.74 Å². The Kier molecular flexibility index (Phi) is 5.59. The molecular weight excluding hydrogens is 238 g/mol. The summed E-state index contributed by atoms with van der Waals surface area (Å²) in [6, 6.07) is 4.22. The predicted molar refractivity (Wildman–Crippen MR) is 64.3 cm³/mol. The van der Waals surface area contributed by atoms with Crippen LogP contribution >= 0.6 is 0 Å². The topological polar surface area (TPSA) is 100 Å². The van der Waals surface area contributed by atoms with Gasteiger partial charge in [-0.3, -0.25) is 14.4 Å². The van der Waals surface area contributed by atoms with Crippen molar-refractivity contribution in [3.05, 3.63) is 34.2 Å². The number of carbonyl (C=O) groups excluding carboxylic acids is 2. The molecule has 1 aromatic rings. The number of aromatic nitrogens is 1. The van der Waals surface area contributed by atoms with Gasteiger partial charge in [0.15, 0.2) is 0 Å². The molecule has 7 nitrogen and oxygen atoms in total. The molecule has 3 N–H and O–H groups in total. The van der Waals surface area contributed by atoms with Gasteiger partial charge in [-0.25, -0.2) is 0 Å². The Hall–Kier alpha value is -2.15. The fraction of sp³-hybridized carbons (Fsp3) is 0.364. The highest BCUT2D eigenvalue weighted by Gasteiger charge is 2.07. The number of hydrogen-bond donors (Lipinski definition) is 3. The molecule has 0 saturated carbocycles. The van der Waals surface area contributed by atoms with E-state index in [9.17, 15) is 14.4 Å². The number of nitrogens with one attached hydrogen (secondary N) is 3. The van der Waals surface area contributed by atoms with Gasteiger partial charge in [0.25, 0.3) is 5.91 Å². The Balaban J connectivity index is 2.37. The first-order valence-corrected chi connectivity index (χ1v) is 5.36. The van der Waals surface area contributed by atoms with Crippen molar-refractivity contribution in [1.29, 1.82) is 0 Å². The summed E-state index contributed by atoms with van der Waals surface area (Å²) in [5, 5.41) is 4.94. The second-order valence-electron chi connectivity index (χ2n) is 3.45. The highest BCUT2D eigenvalue weighted by Crippen LogP contribution is 1.88. The van der Waals surface area contributed by atoms with Crippen LogP contribution in [-0.2, 0) is 9.53 Å². The molecular formula is C11H15N3O4. The van der Waals surface area contributed by atoms with Crippen molar-refractivity contribution in [2.24, 2.45) is 0 Å².